The summed E-state index contributed by atoms with van der Waals surface area (Å²) < 4.78 is 5.40. The number of nitrogens with one attached hydrogen (secondary N) is 1. The number of para-hydroxylation sites is 2. The number of ether oxygens (including phenoxy) is 1. The summed E-state index contributed by atoms with van der Waals surface area (Å²) in [7, 11) is 1.65. The van der Waals surface area contributed by atoms with E-state index < -0.39 is 0 Å². The molecule has 0 unspecified atom stereocenters. The van der Waals surface area contributed by atoms with Crippen LogP contribution in [0.5, 0.6) is 5.75 Å². The molecule has 0 aromatic heterocycles. The molecule has 0 spiro atoms. The van der Waals surface area contributed by atoms with Gasteiger partial charge in [0.25, 0.3) is 0 Å². The molecule has 3 rings (SSSR count). The summed E-state index contributed by atoms with van der Waals surface area (Å²) in [6, 6.07) is 18.9. The van der Waals surface area contributed by atoms with Gasteiger partial charge in [0.05, 0.1) is 18.5 Å². The normalized spacial score (nSPS) is 10.8. The molecule has 0 aliphatic rings. The van der Waals surface area contributed by atoms with Gasteiger partial charge in [-0.15, -0.1) is 0 Å². The van der Waals surface area contributed by atoms with Gasteiger partial charge in [-0.2, -0.15) is 0 Å². The van der Waals surface area contributed by atoms with Crippen LogP contribution in [0.2, 0.25) is 0 Å². The lowest BCUT2D eigenvalue weighted by molar-refractivity contribution is -0.111. The first-order valence-electron chi connectivity index (χ1n) is 13.7. The second-order valence-corrected chi connectivity index (χ2v) is 10.1. The molecule has 40 heavy (non-hydrogen) atoms. The Kier molecular flexibility index (Phi) is 13.9. The zero-order valence-electron chi connectivity index (χ0n) is 25.6. The monoisotopic (exact) mass is 545 g/mol. The fourth-order valence-electron chi connectivity index (χ4n) is 3.69. The molecular formula is C34H47N3O3. The Labute approximate surface area is 240 Å². The molecule has 1 amide bonds. The number of hydrogen-bond acceptors (Lipinski definition) is 5. The van der Waals surface area contributed by atoms with Crippen LogP contribution in [0.1, 0.15) is 81.1 Å². The fourth-order valence-corrected chi connectivity index (χ4v) is 3.69. The van der Waals surface area contributed by atoms with E-state index in [1.54, 1.807) is 32.2 Å². The zero-order valence-corrected chi connectivity index (χ0v) is 25.6. The van der Waals surface area contributed by atoms with Gasteiger partial charge in [-0.05, 0) is 72.2 Å². The molecule has 5 N–H and O–H groups in total. The number of nitrogen functional groups attached to an aromatic ring is 1. The predicted octanol–water partition coefficient (Wildman–Crippen LogP) is 7.55. The molecule has 0 heterocycles. The fraction of sp³-hybridized carbons (Fsp3) is 0.353. The first-order chi connectivity index (χ1) is 18.9. The molecule has 3 aromatic carbocycles. The highest BCUT2D eigenvalue weighted by Crippen LogP contribution is 2.36. The highest BCUT2D eigenvalue weighted by Gasteiger charge is 2.27. The Balaban J connectivity index is 0.000000379. The Morgan fingerprint density at radius 1 is 1.02 bits per heavy atom. The first kappa shape index (κ1) is 34.1. The van der Waals surface area contributed by atoms with Crippen molar-refractivity contribution >= 4 is 29.1 Å². The molecule has 6 nitrogen and oxygen atoms in total. The van der Waals surface area contributed by atoms with Crippen molar-refractivity contribution in [2.45, 2.75) is 67.3 Å². The molecule has 0 saturated heterocycles. The third-order valence-corrected chi connectivity index (χ3v) is 7.01. The van der Waals surface area contributed by atoms with E-state index in [4.69, 9.17) is 16.2 Å². The lowest BCUT2D eigenvalue weighted by Gasteiger charge is -2.31. The molecule has 0 fully saturated rings. The summed E-state index contributed by atoms with van der Waals surface area (Å²) in [5, 5.41) is 2.73. The van der Waals surface area contributed by atoms with Crippen LogP contribution in [0.25, 0.3) is 6.08 Å². The number of carbonyl (C=O) groups is 2. The van der Waals surface area contributed by atoms with Crippen LogP contribution in [-0.2, 0) is 16.8 Å². The number of ketones is 1. The summed E-state index contributed by atoms with van der Waals surface area (Å²) in [6.45, 7) is 16.8. The number of amides is 1. The largest absolute Gasteiger partial charge is 0.496 e. The molecule has 0 aliphatic carbocycles. The van der Waals surface area contributed by atoms with Gasteiger partial charge < -0.3 is 21.5 Å². The van der Waals surface area contributed by atoms with Gasteiger partial charge in [0.2, 0.25) is 5.91 Å². The van der Waals surface area contributed by atoms with Gasteiger partial charge in [-0.3, -0.25) is 9.59 Å². The second-order valence-electron chi connectivity index (χ2n) is 10.1. The Morgan fingerprint density at radius 3 is 2.12 bits per heavy atom. The molecule has 0 saturated carbocycles. The minimum absolute atomic E-state index is 0.0190. The maximum Gasteiger partial charge on any atom is 0.248 e. The number of hydrogen-bond donors (Lipinski definition) is 3. The van der Waals surface area contributed by atoms with Gasteiger partial charge in [-0.25, -0.2) is 0 Å². The highest BCUT2D eigenvalue weighted by atomic mass is 16.5. The molecule has 3 aromatic rings. The van der Waals surface area contributed by atoms with Crippen LogP contribution in [0.3, 0.4) is 0 Å². The minimum Gasteiger partial charge on any atom is -0.496 e. The van der Waals surface area contributed by atoms with Gasteiger partial charge in [-0.1, -0.05) is 77.9 Å². The lowest BCUT2D eigenvalue weighted by Crippen LogP contribution is -2.25. The van der Waals surface area contributed by atoms with Crippen LogP contribution in [0.4, 0.5) is 11.4 Å². The zero-order chi connectivity index (χ0) is 30.5. The maximum atomic E-state index is 11.8. The third kappa shape index (κ3) is 9.69. The molecule has 0 radical (unpaired) electrons. The quantitative estimate of drug-likeness (QED) is 0.154. The number of anilines is 2. The van der Waals surface area contributed by atoms with E-state index in [0.717, 1.165) is 33.6 Å². The van der Waals surface area contributed by atoms with E-state index in [1.807, 2.05) is 63.2 Å². The predicted molar refractivity (Wildman–Crippen MR) is 170 cm³/mol. The molecule has 6 heteroatoms. The van der Waals surface area contributed by atoms with Crippen LogP contribution in [-0.4, -0.2) is 18.8 Å². The minimum atomic E-state index is -0.217. The van der Waals surface area contributed by atoms with E-state index in [0.29, 0.717) is 23.8 Å². The number of Topliss-reactive ketones (excluding diaryl/α,β-unsaturated/α-hetero) is 1. The van der Waals surface area contributed by atoms with Gasteiger partial charge in [0.1, 0.15) is 5.75 Å². The van der Waals surface area contributed by atoms with Crippen molar-refractivity contribution in [2.75, 3.05) is 18.2 Å². The SMILES string of the molecule is CC.COc1cc(C(C)(C)C(C)C)cc(C(C)=O)c1C.NCc1ccc(/C=C/C(=O)Nc2ccccc2N)cc1. The summed E-state index contributed by atoms with van der Waals surface area (Å²) in [5.41, 5.74) is 17.3. The number of benzene rings is 3. The van der Waals surface area contributed by atoms with Crippen LogP contribution in [0.15, 0.2) is 66.7 Å². The van der Waals surface area contributed by atoms with Crippen molar-refractivity contribution in [2.24, 2.45) is 11.7 Å². The Hall–Kier alpha value is -3.90. The number of carbonyl (C=O) groups excluding carboxylic acids is 2. The summed E-state index contributed by atoms with van der Waals surface area (Å²) in [6.07, 6.45) is 3.22. The molecule has 0 atom stereocenters. The highest BCUT2D eigenvalue weighted by molar-refractivity contribution is 6.03. The second kappa shape index (κ2) is 16.3. The van der Waals surface area contributed by atoms with E-state index in [1.165, 1.54) is 6.08 Å². The third-order valence-electron chi connectivity index (χ3n) is 7.01. The number of nitrogens with two attached hydrogens (primary N) is 2. The van der Waals surface area contributed by atoms with Crippen LogP contribution in [0, 0.1) is 12.8 Å². The standard InChI is InChI=1S/C16H17N3O.C16H24O2.C2H6/c17-11-13-7-5-12(6-8-13)9-10-16(20)19-15-4-2-1-3-14(15)18;1-10(2)16(5,6)13-8-14(12(4)17)11(3)15(9-13)18-7;1-2/h1-10H,11,17-18H2,(H,19,20);8-10H,1-7H3;1-2H3/b10-9+;;. The first-order valence-corrected chi connectivity index (χ1v) is 13.7. The topological polar surface area (TPSA) is 107 Å². The average molecular weight is 546 g/mol. The van der Waals surface area contributed by atoms with Gasteiger partial charge in [0.15, 0.2) is 5.78 Å². The van der Waals surface area contributed by atoms with Crippen LogP contribution < -0.4 is 21.5 Å². The number of rotatable bonds is 8. The molecule has 216 valence electrons. The molecule has 0 bridgehead atoms. The summed E-state index contributed by atoms with van der Waals surface area (Å²) in [4.78, 5) is 23.5. The Bertz CT molecular complexity index is 1280. The maximum absolute atomic E-state index is 11.8. The van der Waals surface area contributed by atoms with Gasteiger partial charge in [0, 0.05) is 23.7 Å². The van der Waals surface area contributed by atoms with Crippen molar-refractivity contribution in [1.82, 2.24) is 0 Å². The van der Waals surface area contributed by atoms with Crippen molar-refractivity contribution < 1.29 is 14.3 Å². The van der Waals surface area contributed by atoms with Crippen molar-refractivity contribution in [3.63, 3.8) is 0 Å². The van der Waals surface area contributed by atoms with E-state index in [-0.39, 0.29) is 17.1 Å². The molecular weight excluding hydrogens is 498 g/mol. The van der Waals surface area contributed by atoms with Crippen molar-refractivity contribution in [3.8, 4) is 5.75 Å². The molecule has 0 aliphatic heterocycles. The average Bonchev–Trinajstić information content (AvgIpc) is 2.94. The number of methoxy groups -OCH3 is 1. The van der Waals surface area contributed by atoms with E-state index in [9.17, 15) is 9.59 Å². The lowest BCUT2D eigenvalue weighted by atomic mass is 9.74. The Morgan fingerprint density at radius 2 is 1.62 bits per heavy atom. The van der Waals surface area contributed by atoms with E-state index >= 15 is 0 Å². The van der Waals surface area contributed by atoms with Crippen molar-refractivity contribution in [3.05, 3.63) is 94.6 Å². The summed E-state index contributed by atoms with van der Waals surface area (Å²) in [5.74, 6) is 1.16. The smallest absolute Gasteiger partial charge is 0.248 e. The summed E-state index contributed by atoms with van der Waals surface area (Å²) >= 11 is 0. The van der Waals surface area contributed by atoms with Crippen LogP contribution >= 0.6 is 0 Å². The van der Waals surface area contributed by atoms with E-state index in [2.05, 4.69) is 39.1 Å². The van der Waals surface area contributed by atoms with Crippen molar-refractivity contribution in [1.29, 1.82) is 0 Å². The van der Waals surface area contributed by atoms with Gasteiger partial charge >= 0.3 is 0 Å².